The number of aryl methyl sites for hydroxylation is 1. The predicted octanol–water partition coefficient (Wildman–Crippen LogP) is 4.88. The van der Waals surface area contributed by atoms with E-state index >= 15 is 0 Å². The molecule has 11 heteroatoms. The van der Waals surface area contributed by atoms with Crippen molar-refractivity contribution in [1.29, 1.82) is 5.26 Å². The third-order valence-electron chi connectivity index (χ3n) is 6.10. The van der Waals surface area contributed by atoms with E-state index in [0.29, 0.717) is 53.6 Å². The third kappa shape index (κ3) is 7.61. The molecule has 1 aliphatic heterocycles. The summed E-state index contributed by atoms with van der Waals surface area (Å²) in [5.41, 5.74) is 1.35. The number of nitrogens with one attached hydrogen (secondary N) is 1. The van der Waals surface area contributed by atoms with Crippen LogP contribution in [0.25, 0.3) is 0 Å². The van der Waals surface area contributed by atoms with Crippen molar-refractivity contribution in [3.05, 3.63) is 57.9 Å². The SMILES string of the molecule is Cc1nc(Nc2nc(C(=O)N(C)CCCOc3ccc(Cl)cc3)cs2)cc(C2CCCN(CC#N)C2)n1. The first-order valence-electron chi connectivity index (χ1n) is 12.2. The molecular formula is C26H30ClN7O2S. The lowest BCUT2D eigenvalue weighted by atomic mass is 9.94. The molecule has 0 spiro atoms. The molecule has 37 heavy (non-hydrogen) atoms. The Balaban J connectivity index is 1.31. The van der Waals surface area contributed by atoms with E-state index in [4.69, 9.17) is 21.6 Å². The van der Waals surface area contributed by atoms with Gasteiger partial charge in [0.1, 0.15) is 23.1 Å². The maximum absolute atomic E-state index is 12.8. The van der Waals surface area contributed by atoms with Gasteiger partial charge in [-0.2, -0.15) is 5.26 Å². The Kier molecular flexibility index (Phi) is 9.28. The average molecular weight is 540 g/mol. The maximum atomic E-state index is 12.8. The van der Waals surface area contributed by atoms with Gasteiger partial charge in [0.2, 0.25) is 0 Å². The Labute approximate surface area is 226 Å². The number of nitrogens with zero attached hydrogens (tertiary/aromatic N) is 6. The molecule has 1 aromatic carbocycles. The van der Waals surface area contributed by atoms with Crippen LogP contribution in [0.3, 0.4) is 0 Å². The zero-order chi connectivity index (χ0) is 26.2. The van der Waals surface area contributed by atoms with Crippen LogP contribution in [0.15, 0.2) is 35.7 Å². The molecule has 0 radical (unpaired) electrons. The molecule has 3 heterocycles. The smallest absolute Gasteiger partial charge is 0.273 e. The van der Waals surface area contributed by atoms with Gasteiger partial charge in [-0.1, -0.05) is 11.6 Å². The number of halogens is 1. The fourth-order valence-corrected chi connectivity index (χ4v) is 5.08. The molecule has 0 aliphatic carbocycles. The number of ether oxygens (including phenoxy) is 1. The molecule has 1 atom stereocenters. The third-order valence-corrected chi connectivity index (χ3v) is 7.11. The second-order valence-electron chi connectivity index (χ2n) is 9.00. The van der Waals surface area contributed by atoms with Gasteiger partial charge >= 0.3 is 0 Å². The fourth-order valence-electron chi connectivity index (χ4n) is 4.26. The lowest BCUT2D eigenvalue weighted by molar-refractivity contribution is 0.0783. The molecule has 0 saturated carbocycles. The van der Waals surface area contributed by atoms with E-state index in [0.717, 1.165) is 37.4 Å². The standard InChI is InChI=1S/C26H30ClN7O2S/c1-18-29-22(19-5-3-12-34(16-19)13-10-28)15-24(30-18)32-26-31-23(17-37-26)25(35)33(2)11-4-14-36-21-8-6-20(27)7-9-21/h6-9,15,17,19H,3-5,11-14,16H2,1-2H3,(H,29,30,31,32). The number of likely N-dealkylation sites (tertiary alicyclic amines) is 1. The number of piperidine rings is 1. The highest BCUT2D eigenvalue weighted by atomic mass is 35.5. The summed E-state index contributed by atoms with van der Waals surface area (Å²) in [7, 11) is 1.76. The second kappa shape index (κ2) is 12.8. The Hall–Kier alpha value is -3.26. The van der Waals surface area contributed by atoms with Crippen molar-refractivity contribution >= 4 is 39.8 Å². The number of hydrogen-bond donors (Lipinski definition) is 1. The molecule has 1 aliphatic rings. The van der Waals surface area contributed by atoms with E-state index in [2.05, 4.69) is 31.2 Å². The molecule has 1 saturated heterocycles. The lowest BCUT2D eigenvalue weighted by Crippen LogP contribution is -2.35. The van der Waals surface area contributed by atoms with Gasteiger partial charge in [-0.15, -0.1) is 11.3 Å². The van der Waals surface area contributed by atoms with Gasteiger partial charge in [0, 0.05) is 42.5 Å². The van der Waals surface area contributed by atoms with Gasteiger partial charge in [0.25, 0.3) is 5.91 Å². The molecule has 3 aromatic rings. The largest absolute Gasteiger partial charge is 0.494 e. The molecule has 1 N–H and O–H groups in total. The fraction of sp³-hybridized carbons (Fsp3) is 0.423. The van der Waals surface area contributed by atoms with Crippen molar-refractivity contribution in [1.82, 2.24) is 24.8 Å². The highest BCUT2D eigenvalue weighted by molar-refractivity contribution is 7.14. The summed E-state index contributed by atoms with van der Waals surface area (Å²) in [5.74, 6) is 2.19. The number of benzene rings is 1. The van der Waals surface area contributed by atoms with Crippen molar-refractivity contribution in [2.75, 3.05) is 45.2 Å². The van der Waals surface area contributed by atoms with Gasteiger partial charge in [-0.05, 0) is 57.0 Å². The summed E-state index contributed by atoms with van der Waals surface area (Å²) in [5, 5.41) is 15.3. The zero-order valence-corrected chi connectivity index (χ0v) is 22.6. The molecule has 2 aromatic heterocycles. The summed E-state index contributed by atoms with van der Waals surface area (Å²) in [6.45, 7) is 5.10. The van der Waals surface area contributed by atoms with E-state index in [-0.39, 0.29) is 11.8 Å². The van der Waals surface area contributed by atoms with Crippen LogP contribution < -0.4 is 10.1 Å². The van der Waals surface area contributed by atoms with E-state index in [1.807, 2.05) is 25.1 Å². The summed E-state index contributed by atoms with van der Waals surface area (Å²) in [6.07, 6.45) is 2.76. The van der Waals surface area contributed by atoms with Gasteiger partial charge < -0.3 is 15.0 Å². The molecule has 1 amide bonds. The summed E-state index contributed by atoms with van der Waals surface area (Å²) in [4.78, 5) is 30.3. The van der Waals surface area contributed by atoms with Gasteiger partial charge in [0.15, 0.2) is 5.13 Å². The molecule has 1 fully saturated rings. The minimum Gasteiger partial charge on any atom is -0.494 e. The quantitative estimate of drug-likeness (QED) is 0.287. The Morgan fingerprint density at radius 3 is 2.92 bits per heavy atom. The number of nitriles is 1. The van der Waals surface area contributed by atoms with Crippen molar-refractivity contribution in [3.8, 4) is 11.8 Å². The topological polar surface area (TPSA) is 107 Å². The highest BCUT2D eigenvalue weighted by Gasteiger charge is 2.23. The van der Waals surface area contributed by atoms with Crippen LogP contribution in [0.1, 0.15) is 47.2 Å². The number of hydrogen-bond acceptors (Lipinski definition) is 9. The summed E-state index contributed by atoms with van der Waals surface area (Å²) < 4.78 is 5.70. The normalized spacial score (nSPS) is 15.7. The van der Waals surface area contributed by atoms with Gasteiger partial charge in [0.05, 0.1) is 24.9 Å². The van der Waals surface area contributed by atoms with Crippen molar-refractivity contribution in [2.24, 2.45) is 0 Å². The number of carbonyl (C=O) groups excluding carboxylic acids is 1. The van der Waals surface area contributed by atoms with E-state index in [1.165, 1.54) is 11.3 Å². The van der Waals surface area contributed by atoms with Crippen LogP contribution in [0.2, 0.25) is 5.02 Å². The highest BCUT2D eigenvalue weighted by Crippen LogP contribution is 2.28. The van der Waals surface area contributed by atoms with Crippen LogP contribution in [0.4, 0.5) is 10.9 Å². The average Bonchev–Trinajstić information content (AvgIpc) is 3.35. The Morgan fingerprint density at radius 1 is 1.32 bits per heavy atom. The van der Waals surface area contributed by atoms with Crippen LogP contribution in [0.5, 0.6) is 5.75 Å². The number of aromatic nitrogens is 3. The molecule has 0 bridgehead atoms. The minimum atomic E-state index is -0.143. The Bertz CT molecular complexity index is 1240. The summed E-state index contributed by atoms with van der Waals surface area (Å²) >= 11 is 7.25. The number of carbonyl (C=O) groups is 1. The lowest BCUT2D eigenvalue weighted by Gasteiger charge is -2.30. The first kappa shape index (κ1) is 26.8. The van der Waals surface area contributed by atoms with E-state index < -0.39 is 0 Å². The van der Waals surface area contributed by atoms with Gasteiger partial charge in [-0.25, -0.2) is 15.0 Å². The van der Waals surface area contributed by atoms with Crippen LogP contribution >= 0.6 is 22.9 Å². The first-order valence-corrected chi connectivity index (χ1v) is 13.5. The van der Waals surface area contributed by atoms with Crippen molar-refractivity contribution < 1.29 is 9.53 Å². The predicted molar refractivity (Wildman–Crippen MR) is 145 cm³/mol. The van der Waals surface area contributed by atoms with Crippen LogP contribution in [-0.2, 0) is 0 Å². The maximum Gasteiger partial charge on any atom is 0.273 e. The van der Waals surface area contributed by atoms with Gasteiger partial charge in [-0.3, -0.25) is 9.69 Å². The molecule has 194 valence electrons. The number of anilines is 2. The monoisotopic (exact) mass is 539 g/mol. The minimum absolute atomic E-state index is 0.143. The Morgan fingerprint density at radius 2 is 2.14 bits per heavy atom. The number of amides is 1. The zero-order valence-electron chi connectivity index (χ0n) is 21.0. The molecule has 9 nitrogen and oxygen atoms in total. The second-order valence-corrected chi connectivity index (χ2v) is 10.3. The molecule has 1 unspecified atom stereocenters. The number of thiazole rings is 1. The van der Waals surface area contributed by atoms with Crippen molar-refractivity contribution in [2.45, 2.75) is 32.1 Å². The first-order chi connectivity index (χ1) is 17.9. The van der Waals surface area contributed by atoms with Crippen molar-refractivity contribution in [3.63, 3.8) is 0 Å². The van der Waals surface area contributed by atoms with E-state index in [1.54, 1.807) is 29.5 Å². The van der Waals surface area contributed by atoms with E-state index in [9.17, 15) is 4.79 Å². The molecular weight excluding hydrogens is 510 g/mol. The number of rotatable bonds is 10. The van der Waals surface area contributed by atoms with Crippen LogP contribution in [-0.4, -0.2) is 70.5 Å². The molecule has 4 rings (SSSR count). The summed E-state index contributed by atoms with van der Waals surface area (Å²) in [6, 6.07) is 11.4. The van der Waals surface area contributed by atoms with Crippen LogP contribution in [0, 0.1) is 18.3 Å².